The van der Waals surface area contributed by atoms with Gasteiger partial charge in [-0.3, -0.25) is 9.59 Å². The van der Waals surface area contributed by atoms with Crippen molar-refractivity contribution in [3.63, 3.8) is 0 Å². The molecule has 0 radical (unpaired) electrons. The Kier molecular flexibility index (Phi) is 8.76. The topological polar surface area (TPSA) is 98.1 Å². The third-order valence-corrected chi connectivity index (χ3v) is 5.85. The average molecular weight is 506 g/mol. The number of thioether (sulfide) groups is 1. The van der Waals surface area contributed by atoms with Gasteiger partial charge in [-0.05, 0) is 42.5 Å². The van der Waals surface area contributed by atoms with E-state index in [1.54, 1.807) is 60.2 Å². The molecule has 0 saturated carbocycles. The summed E-state index contributed by atoms with van der Waals surface area (Å²) in [5, 5.41) is 15.1. The predicted octanol–water partition coefficient (Wildman–Crippen LogP) is 4.69. The van der Waals surface area contributed by atoms with Crippen molar-refractivity contribution < 1.29 is 14.3 Å². The maximum Gasteiger partial charge on any atom is 0.234 e. The Hall–Kier alpha value is -3.01. The Morgan fingerprint density at radius 3 is 2.55 bits per heavy atom. The van der Waals surface area contributed by atoms with Crippen LogP contribution >= 0.6 is 35.0 Å². The smallest absolute Gasteiger partial charge is 0.234 e. The van der Waals surface area contributed by atoms with E-state index in [-0.39, 0.29) is 24.0 Å². The van der Waals surface area contributed by atoms with E-state index in [2.05, 4.69) is 27.4 Å². The number of hydrogen-bond donors (Lipinski definition) is 2. The molecule has 3 aromatic rings. The zero-order chi connectivity index (χ0) is 23.8. The minimum atomic E-state index is -0.267. The Morgan fingerprint density at radius 1 is 1.12 bits per heavy atom. The number of nitrogens with zero attached hydrogens (tertiary/aromatic N) is 3. The number of rotatable bonds is 10. The summed E-state index contributed by atoms with van der Waals surface area (Å²) in [5.41, 5.74) is 1.11. The Balaban J connectivity index is 1.61. The first-order valence-corrected chi connectivity index (χ1v) is 11.5. The van der Waals surface area contributed by atoms with Crippen LogP contribution in [0.15, 0.2) is 60.3 Å². The summed E-state index contributed by atoms with van der Waals surface area (Å²) in [6.07, 6.45) is 1.69. The maximum absolute atomic E-state index is 12.5. The molecule has 3 rings (SSSR count). The van der Waals surface area contributed by atoms with Crippen molar-refractivity contribution in [3.8, 4) is 5.75 Å². The first kappa shape index (κ1) is 24.6. The summed E-state index contributed by atoms with van der Waals surface area (Å²) in [6.45, 7) is 4.14. The van der Waals surface area contributed by atoms with Gasteiger partial charge in [0.05, 0.1) is 30.0 Å². The molecule has 8 nitrogen and oxygen atoms in total. The molecule has 2 amide bonds. The van der Waals surface area contributed by atoms with Crippen LogP contribution in [0.2, 0.25) is 10.0 Å². The molecule has 2 aromatic carbocycles. The molecule has 0 unspecified atom stereocenters. The first-order chi connectivity index (χ1) is 15.9. The molecule has 0 aliphatic heterocycles. The summed E-state index contributed by atoms with van der Waals surface area (Å²) in [7, 11) is 1.58. The second-order valence-electron chi connectivity index (χ2n) is 6.71. The van der Waals surface area contributed by atoms with Gasteiger partial charge in [0.15, 0.2) is 5.16 Å². The number of carbonyl (C=O) groups excluding carboxylic acids is 2. The highest BCUT2D eigenvalue weighted by Crippen LogP contribution is 2.26. The van der Waals surface area contributed by atoms with Gasteiger partial charge in [-0.25, -0.2) is 0 Å². The number of benzene rings is 2. The Morgan fingerprint density at radius 2 is 1.88 bits per heavy atom. The van der Waals surface area contributed by atoms with Crippen LogP contribution < -0.4 is 15.4 Å². The van der Waals surface area contributed by atoms with Crippen molar-refractivity contribution >= 4 is 58.2 Å². The third kappa shape index (κ3) is 6.98. The van der Waals surface area contributed by atoms with E-state index in [1.807, 2.05) is 0 Å². The zero-order valence-electron chi connectivity index (χ0n) is 17.7. The predicted molar refractivity (Wildman–Crippen MR) is 131 cm³/mol. The monoisotopic (exact) mass is 505 g/mol. The summed E-state index contributed by atoms with van der Waals surface area (Å²) in [5.74, 6) is 0.722. The fourth-order valence-electron chi connectivity index (χ4n) is 2.80. The van der Waals surface area contributed by atoms with Crippen molar-refractivity contribution in [2.24, 2.45) is 0 Å². The van der Waals surface area contributed by atoms with Gasteiger partial charge >= 0.3 is 0 Å². The van der Waals surface area contributed by atoms with E-state index in [4.69, 9.17) is 27.9 Å². The number of amides is 2. The van der Waals surface area contributed by atoms with Crippen LogP contribution in [0.5, 0.6) is 5.75 Å². The van der Waals surface area contributed by atoms with Gasteiger partial charge in [-0.15, -0.1) is 16.8 Å². The summed E-state index contributed by atoms with van der Waals surface area (Å²) in [4.78, 5) is 24.8. The van der Waals surface area contributed by atoms with Crippen molar-refractivity contribution in [1.82, 2.24) is 14.8 Å². The second-order valence-corrected chi connectivity index (χ2v) is 8.50. The molecular formula is C22H21Cl2N5O3S. The summed E-state index contributed by atoms with van der Waals surface area (Å²) < 4.78 is 6.86. The fourth-order valence-corrected chi connectivity index (χ4v) is 4.02. The molecule has 11 heteroatoms. The molecule has 1 aromatic heterocycles. The molecule has 0 aliphatic rings. The molecule has 33 heavy (non-hydrogen) atoms. The summed E-state index contributed by atoms with van der Waals surface area (Å²) >= 11 is 13.2. The van der Waals surface area contributed by atoms with Crippen molar-refractivity contribution in [2.45, 2.75) is 18.1 Å². The lowest BCUT2D eigenvalue weighted by atomic mass is 10.3. The molecule has 0 fully saturated rings. The first-order valence-electron chi connectivity index (χ1n) is 9.74. The van der Waals surface area contributed by atoms with Crippen molar-refractivity contribution in [3.05, 3.63) is 71.0 Å². The number of halogens is 2. The van der Waals surface area contributed by atoms with Gasteiger partial charge < -0.3 is 19.9 Å². The lowest BCUT2D eigenvalue weighted by Crippen LogP contribution is -2.18. The molecule has 0 atom stereocenters. The molecule has 0 spiro atoms. The number of allylic oxidation sites excluding steroid dienone is 1. The number of ether oxygens (including phenoxy) is 1. The Bertz CT molecular complexity index is 1150. The Labute approximate surface area is 205 Å². The van der Waals surface area contributed by atoms with Gasteiger partial charge in [-0.1, -0.05) is 41.0 Å². The van der Waals surface area contributed by atoms with E-state index in [0.29, 0.717) is 44.7 Å². The van der Waals surface area contributed by atoms with E-state index in [0.717, 1.165) is 0 Å². The SMILES string of the molecule is C=CCn1c(CC(=O)Nc2ccc(OC)cc2)nnc1SCC(=O)Nc1ccc(Cl)cc1Cl. The molecule has 0 bridgehead atoms. The van der Waals surface area contributed by atoms with Crippen LogP contribution in [0.1, 0.15) is 5.82 Å². The molecule has 1 heterocycles. The minimum absolute atomic E-state index is 0.0139. The zero-order valence-corrected chi connectivity index (χ0v) is 20.0. The van der Waals surface area contributed by atoms with E-state index in [9.17, 15) is 9.59 Å². The van der Waals surface area contributed by atoms with Crippen LogP contribution in [0.25, 0.3) is 0 Å². The van der Waals surface area contributed by atoms with Crippen LogP contribution in [-0.2, 0) is 22.6 Å². The minimum Gasteiger partial charge on any atom is -0.497 e. The van der Waals surface area contributed by atoms with E-state index in [1.165, 1.54) is 11.8 Å². The molecule has 0 aliphatic carbocycles. The largest absolute Gasteiger partial charge is 0.497 e. The summed E-state index contributed by atoms with van der Waals surface area (Å²) in [6, 6.07) is 11.8. The number of nitrogens with one attached hydrogen (secondary N) is 2. The molecule has 172 valence electrons. The van der Waals surface area contributed by atoms with Crippen molar-refractivity contribution in [2.75, 3.05) is 23.5 Å². The number of methoxy groups -OCH3 is 1. The van der Waals surface area contributed by atoms with Crippen molar-refractivity contribution in [1.29, 1.82) is 0 Å². The second kappa shape index (κ2) is 11.7. The normalized spacial score (nSPS) is 10.5. The highest BCUT2D eigenvalue weighted by atomic mass is 35.5. The van der Waals surface area contributed by atoms with E-state index < -0.39 is 0 Å². The fraction of sp³-hybridized carbons (Fsp3) is 0.182. The van der Waals surface area contributed by atoms with Gasteiger partial charge in [0, 0.05) is 17.3 Å². The van der Waals surface area contributed by atoms with Gasteiger partial charge in [-0.2, -0.15) is 0 Å². The highest BCUT2D eigenvalue weighted by Gasteiger charge is 2.17. The quantitative estimate of drug-likeness (QED) is 0.306. The number of carbonyl (C=O) groups is 2. The lowest BCUT2D eigenvalue weighted by molar-refractivity contribution is -0.116. The number of anilines is 2. The van der Waals surface area contributed by atoms with Crippen LogP contribution in [-0.4, -0.2) is 39.4 Å². The van der Waals surface area contributed by atoms with Crippen LogP contribution in [0.3, 0.4) is 0 Å². The van der Waals surface area contributed by atoms with Crippen LogP contribution in [0.4, 0.5) is 11.4 Å². The van der Waals surface area contributed by atoms with Gasteiger partial charge in [0.25, 0.3) is 0 Å². The third-order valence-electron chi connectivity index (χ3n) is 4.34. The molecule has 0 saturated heterocycles. The maximum atomic E-state index is 12.5. The highest BCUT2D eigenvalue weighted by molar-refractivity contribution is 7.99. The standard InChI is InChI=1S/C22H21Cl2N5O3S/c1-3-10-29-19(12-20(30)25-15-5-7-16(32-2)8-6-15)27-28-22(29)33-13-21(31)26-18-9-4-14(23)11-17(18)24/h3-9,11H,1,10,12-13H2,2H3,(H,25,30)(H,26,31). The van der Waals surface area contributed by atoms with Gasteiger partial charge in [0.1, 0.15) is 11.6 Å². The van der Waals surface area contributed by atoms with Crippen LogP contribution in [0, 0.1) is 0 Å². The average Bonchev–Trinajstić information content (AvgIpc) is 3.16. The lowest BCUT2D eigenvalue weighted by Gasteiger charge is -2.09. The number of aromatic nitrogens is 3. The number of hydrogen-bond acceptors (Lipinski definition) is 6. The molecule has 2 N–H and O–H groups in total. The van der Waals surface area contributed by atoms with E-state index >= 15 is 0 Å². The van der Waals surface area contributed by atoms with Gasteiger partial charge in [0.2, 0.25) is 11.8 Å². The molecular weight excluding hydrogens is 485 g/mol.